The summed E-state index contributed by atoms with van der Waals surface area (Å²) in [6.45, 7) is 2.37. The summed E-state index contributed by atoms with van der Waals surface area (Å²) < 4.78 is 5.64. The molecular weight excluding hydrogens is 266 g/mol. The van der Waals surface area contributed by atoms with E-state index < -0.39 is 5.54 Å². The van der Waals surface area contributed by atoms with Gasteiger partial charge in [0, 0.05) is 0 Å². The minimum absolute atomic E-state index is 0.0252. The van der Waals surface area contributed by atoms with Gasteiger partial charge in [-0.05, 0) is 31.4 Å². The Kier molecular flexibility index (Phi) is 5.62. The number of rotatable bonds is 6. The highest BCUT2D eigenvalue weighted by atomic mass is 16.5. The lowest BCUT2D eigenvalue weighted by molar-refractivity contribution is -0.124. The molecule has 0 aliphatic heterocycles. The molecule has 2 rings (SSSR count). The SMILES string of the molecule is Cc1ccccc1OCCC(=O)NC1(CO)CCCCC1. The Morgan fingerprint density at radius 3 is 2.67 bits per heavy atom. The van der Waals surface area contributed by atoms with Gasteiger partial charge in [0.2, 0.25) is 5.91 Å². The summed E-state index contributed by atoms with van der Waals surface area (Å²) in [5.41, 5.74) is 0.662. The average molecular weight is 291 g/mol. The zero-order chi connectivity index (χ0) is 15.1. The summed E-state index contributed by atoms with van der Waals surface area (Å²) in [7, 11) is 0. The molecule has 0 aromatic heterocycles. The van der Waals surface area contributed by atoms with Crippen molar-refractivity contribution in [3.8, 4) is 5.75 Å². The van der Waals surface area contributed by atoms with Crippen molar-refractivity contribution >= 4 is 5.91 Å². The number of benzene rings is 1. The van der Waals surface area contributed by atoms with E-state index in [-0.39, 0.29) is 12.5 Å². The van der Waals surface area contributed by atoms with Crippen LogP contribution in [-0.4, -0.2) is 29.8 Å². The van der Waals surface area contributed by atoms with Gasteiger partial charge < -0.3 is 15.2 Å². The molecule has 2 N–H and O–H groups in total. The van der Waals surface area contributed by atoms with Crippen molar-refractivity contribution in [3.05, 3.63) is 29.8 Å². The third-order valence-electron chi connectivity index (χ3n) is 4.20. The molecule has 1 saturated carbocycles. The van der Waals surface area contributed by atoms with Crippen molar-refractivity contribution in [2.24, 2.45) is 0 Å². The maximum Gasteiger partial charge on any atom is 0.223 e. The molecule has 0 heterocycles. The lowest BCUT2D eigenvalue weighted by Crippen LogP contribution is -2.52. The van der Waals surface area contributed by atoms with E-state index in [2.05, 4.69) is 5.32 Å². The largest absolute Gasteiger partial charge is 0.493 e. The van der Waals surface area contributed by atoms with Crippen molar-refractivity contribution in [3.63, 3.8) is 0 Å². The predicted molar refractivity (Wildman–Crippen MR) is 82.3 cm³/mol. The molecule has 1 amide bonds. The van der Waals surface area contributed by atoms with E-state index in [1.165, 1.54) is 6.42 Å². The van der Waals surface area contributed by atoms with E-state index >= 15 is 0 Å². The van der Waals surface area contributed by atoms with Gasteiger partial charge in [0.25, 0.3) is 0 Å². The Hall–Kier alpha value is -1.55. The van der Waals surface area contributed by atoms with E-state index in [4.69, 9.17) is 4.74 Å². The molecule has 0 atom stereocenters. The van der Waals surface area contributed by atoms with Crippen LogP contribution in [0, 0.1) is 6.92 Å². The summed E-state index contributed by atoms with van der Waals surface area (Å²) in [4.78, 5) is 12.0. The van der Waals surface area contributed by atoms with Crippen LogP contribution in [0.3, 0.4) is 0 Å². The number of hydrogen-bond donors (Lipinski definition) is 2. The van der Waals surface area contributed by atoms with Crippen LogP contribution in [-0.2, 0) is 4.79 Å². The van der Waals surface area contributed by atoms with Crippen molar-refractivity contribution in [2.45, 2.75) is 51.0 Å². The second kappa shape index (κ2) is 7.46. The maximum absolute atomic E-state index is 12.0. The van der Waals surface area contributed by atoms with Gasteiger partial charge in [0.15, 0.2) is 0 Å². The number of carbonyl (C=O) groups is 1. The van der Waals surface area contributed by atoms with Crippen LogP contribution in [0.25, 0.3) is 0 Å². The average Bonchev–Trinajstić information content (AvgIpc) is 2.50. The minimum atomic E-state index is -0.405. The second-order valence-corrected chi connectivity index (χ2v) is 5.91. The van der Waals surface area contributed by atoms with Crippen LogP contribution in [0.5, 0.6) is 5.75 Å². The Bertz CT molecular complexity index is 467. The Morgan fingerprint density at radius 1 is 1.29 bits per heavy atom. The molecule has 21 heavy (non-hydrogen) atoms. The lowest BCUT2D eigenvalue weighted by atomic mass is 9.82. The summed E-state index contributed by atoms with van der Waals surface area (Å²) in [5.74, 6) is 0.777. The highest BCUT2D eigenvalue weighted by Crippen LogP contribution is 2.27. The Labute approximate surface area is 126 Å². The summed E-state index contributed by atoms with van der Waals surface area (Å²) >= 11 is 0. The van der Waals surface area contributed by atoms with Gasteiger partial charge in [0.05, 0.1) is 25.2 Å². The van der Waals surface area contributed by atoms with E-state index in [0.29, 0.717) is 13.0 Å². The van der Waals surface area contributed by atoms with E-state index in [1.807, 2.05) is 31.2 Å². The fraction of sp³-hybridized carbons (Fsp3) is 0.588. The molecule has 0 bridgehead atoms. The third-order valence-corrected chi connectivity index (χ3v) is 4.20. The number of carbonyl (C=O) groups excluding carboxylic acids is 1. The van der Waals surface area contributed by atoms with E-state index in [9.17, 15) is 9.90 Å². The molecular formula is C17H25NO3. The standard InChI is InChI=1S/C17H25NO3/c1-14-7-3-4-8-15(14)21-12-9-16(20)18-17(13-19)10-5-2-6-11-17/h3-4,7-8,19H,2,5-6,9-13H2,1H3,(H,18,20). The first kappa shape index (κ1) is 15.8. The second-order valence-electron chi connectivity index (χ2n) is 5.91. The minimum Gasteiger partial charge on any atom is -0.493 e. The topological polar surface area (TPSA) is 58.6 Å². The van der Waals surface area contributed by atoms with Gasteiger partial charge in [-0.15, -0.1) is 0 Å². The predicted octanol–water partition coefficient (Wildman–Crippen LogP) is 2.58. The number of aliphatic hydroxyl groups excluding tert-OH is 1. The molecule has 0 spiro atoms. The first-order valence-corrected chi connectivity index (χ1v) is 7.75. The summed E-state index contributed by atoms with van der Waals surface area (Å²) in [5, 5.41) is 12.6. The maximum atomic E-state index is 12.0. The molecule has 0 radical (unpaired) electrons. The van der Waals surface area contributed by atoms with E-state index in [1.54, 1.807) is 0 Å². The molecule has 4 heteroatoms. The van der Waals surface area contributed by atoms with Crippen LogP contribution in [0.15, 0.2) is 24.3 Å². The van der Waals surface area contributed by atoms with Crippen molar-refractivity contribution in [2.75, 3.05) is 13.2 Å². The molecule has 1 aromatic rings. The zero-order valence-electron chi connectivity index (χ0n) is 12.7. The van der Waals surface area contributed by atoms with Crippen molar-refractivity contribution in [1.82, 2.24) is 5.32 Å². The fourth-order valence-electron chi connectivity index (χ4n) is 2.88. The number of aliphatic hydroxyl groups is 1. The smallest absolute Gasteiger partial charge is 0.223 e. The van der Waals surface area contributed by atoms with Gasteiger partial charge >= 0.3 is 0 Å². The number of aryl methyl sites for hydroxylation is 1. The molecule has 0 unspecified atom stereocenters. The van der Waals surface area contributed by atoms with Gasteiger partial charge in [-0.3, -0.25) is 4.79 Å². The normalized spacial score (nSPS) is 17.2. The Balaban J connectivity index is 1.78. The molecule has 116 valence electrons. The number of nitrogens with one attached hydrogen (secondary N) is 1. The van der Waals surface area contributed by atoms with Crippen molar-refractivity contribution < 1.29 is 14.6 Å². The van der Waals surface area contributed by atoms with E-state index in [0.717, 1.165) is 37.0 Å². The van der Waals surface area contributed by atoms with Crippen molar-refractivity contribution in [1.29, 1.82) is 0 Å². The van der Waals surface area contributed by atoms with Gasteiger partial charge in [-0.1, -0.05) is 37.5 Å². The molecule has 1 aliphatic rings. The summed E-state index contributed by atoms with van der Waals surface area (Å²) in [6.07, 6.45) is 5.38. The van der Waals surface area contributed by atoms with Gasteiger partial charge in [-0.25, -0.2) is 0 Å². The number of ether oxygens (including phenoxy) is 1. The van der Waals surface area contributed by atoms with Crippen LogP contribution >= 0.6 is 0 Å². The zero-order valence-corrected chi connectivity index (χ0v) is 12.7. The van der Waals surface area contributed by atoms with Gasteiger partial charge in [-0.2, -0.15) is 0 Å². The molecule has 4 nitrogen and oxygen atoms in total. The number of hydrogen-bond acceptors (Lipinski definition) is 3. The highest BCUT2D eigenvalue weighted by molar-refractivity contribution is 5.77. The first-order chi connectivity index (χ1) is 10.2. The van der Waals surface area contributed by atoms with Crippen LogP contribution < -0.4 is 10.1 Å². The lowest BCUT2D eigenvalue weighted by Gasteiger charge is -2.36. The monoisotopic (exact) mass is 291 g/mol. The highest BCUT2D eigenvalue weighted by Gasteiger charge is 2.32. The number of para-hydroxylation sites is 1. The summed E-state index contributed by atoms with van der Waals surface area (Å²) in [6, 6.07) is 7.77. The first-order valence-electron chi connectivity index (χ1n) is 7.75. The van der Waals surface area contributed by atoms with Crippen LogP contribution in [0.2, 0.25) is 0 Å². The van der Waals surface area contributed by atoms with Crippen LogP contribution in [0.1, 0.15) is 44.1 Å². The molecule has 1 fully saturated rings. The quantitative estimate of drug-likeness (QED) is 0.847. The molecule has 1 aliphatic carbocycles. The van der Waals surface area contributed by atoms with Crippen LogP contribution in [0.4, 0.5) is 0 Å². The number of amides is 1. The Morgan fingerprint density at radius 2 is 2.00 bits per heavy atom. The molecule has 1 aromatic carbocycles. The third kappa shape index (κ3) is 4.46. The molecule has 0 saturated heterocycles. The fourth-order valence-corrected chi connectivity index (χ4v) is 2.88. The van der Waals surface area contributed by atoms with Gasteiger partial charge in [0.1, 0.15) is 5.75 Å².